The van der Waals surface area contributed by atoms with Crippen LogP contribution >= 0.6 is 0 Å². The lowest BCUT2D eigenvalue weighted by molar-refractivity contribution is -0.139. The smallest absolute Gasteiger partial charge is 0.336 e. The van der Waals surface area contributed by atoms with Gasteiger partial charge in [0.1, 0.15) is 6.61 Å². The number of nitrogens with one attached hydrogen (secondary N) is 1. The number of ether oxygens (including phenoxy) is 4. The van der Waals surface area contributed by atoms with Crippen molar-refractivity contribution in [1.82, 2.24) is 5.32 Å². The van der Waals surface area contributed by atoms with Crippen molar-refractivity contribution in [3.63, 3.8) is 0 Å². The van der Waals surface area contributed by atoms with E-state index in [9.17, 15) is 9.59 Å². The molecular weight excluding hydrogens is 386 g/mol. The van der Waals surface area contributed by atoms with Gasteiger partial charge >= 0.3 is 11.9 Å². The lowest BCUT2D eigenvalue weighted by Gasteiger charge is -2.30. The molecule has 0 saturated carbocycles. The van der Waals surface area contributed by atoms with E-state index in [2.05, 4.69) is 11.9 Å². The van der Waals surface area contributed by atoms with E-state index in [-0.39, 0.29) is 13.2 Å². The van der Waals surface area contributed by atoms with Crippen LogP contribution in [0.25, 0.3) is 0 Å². The van der Waals surface area contributed by atoms with Gasteiger partial charge in [0.2, 0.25) is 0 Å². The van der Waals surface area contributed by atoms with E-state index in [1.807, 2.05) is 0 Å². The Balaban J connectivity index is 2.65. The Morgan fingerprint density at radius 2 is 1.60 bits per heavy atom. The Morgan fingerprint density at radius 3 is 2.07 bits per heavy atom. The number of allylic oxidation sites excluding steroid dienone is 2. The molecule has 1 aliphatic heterocycles. The molecule has 1 heterocycles. The van der Waals surface area contributed by atoms with Crippen molar-refractivity contribution < 1.29 is 28.5 Å². The predicted molar refractivity (Wildman–Crippen MR) is 113 cm³/mol. The van der Waals surface area contributed by atoms with Crippen LogP contribution in [-0.2, 0) is 19.1 Å². The van der Waals surface area contributed by atoms with Gasteiger partial charge in [-0.15, -0.1) is 0 Å². The largest absolute Gasteiger partial charge is 0.493 e. The van der Waals surface area contributed by atoms with Crippen molar-refractivity contribution in [2.45, 2.75) is 33.6 Å². The molecule has 0 spiro atoms. The standard InChI is InChI=1S/C23H29NO6/c1-7-12-30-17-11-10-16(13-18(17)27-6)21-19(22(25)28-8-2)14(4)24-15(5)20(21)23(26)29-9-3/h7,10-11,13,21,24H,1,8-9,12H2,2-6H3. The lowest BCUT2D eigenvalue weighted by Crippen LogP contribution is -2.32. The van der Waals surface area contributed by atoms with Gasteiger partial charge in [-0.05, 0) is 45.4 Å². The fourth-order valence-electron chi connectivity index (χ4n) is 3.42. The van der Waals surface area contributed by atoms with Crippen molar-refractivity contribution in [2.24, 2.45) is 0 Å². The Hall–Kier alpha value is -3.22. The maximum atomic E-state index is 12.8. The second kappa shape index (κ2) is 10.5. The third-order valence-corrected chi connectivity index (χ3v) is 4.63. The highest BCUT2D eigenvalue weighted by Gasteiger charge is 2.38. The molecule has 0 aromatic heterocycles. The van der Waals surface area contributed by atoms with E-state index in [0.29, 0.717) is 46.2 Å². The van der Waals surface area contributed by atoms with Gasteiger partial charge in [-0.2, -0.15) is 0 Å². The van der Waals surface area contributed by atoms with Gasteiger partial charge in [-0.3, -0.25) is 0 Å². The third kappa shape index (κ3) is 4.84. The maximum Gasteiger partial charge on any atom is 0.336 e. The number of methoxy groups -OCH3 is 1. The molecule has 2 rings (SSSR count). The van der Waals surface area contributed by atoms with Crippen LogP contribution in [0.15, 0.2) is 53.4 Å². The zero-order chi connectivity index (χ0) is 22.3. The number of carbonyl (C=O) groups excluding carboxylic acids is 2. The second-order valence-electron chi connectivity index (χ2n) is 6.59. The quantitative estimate of drug-likeness (QED) is 0.487. The van der Waals surface area contributed by atoms with Crippen LogP contribution in [0.2, 0.25) is 0 Å². The summed E-state index contributed by atoms with van der Waals surface area (Å²) in [6, 6.07) is 5.30. The monoisotopic (exact) mass is 415 g/mol. The van der Waals surface area contributed by atoms with E-state index in [0.717, 1.165) is 0 Å². The number of rotatable bonds is 9. The molecule has 0 atom stereocenters. The average molecular weight is 415 g/mol. The van der Waals surface area contributed by atoms with Crippen molar-refractivity contribution >= 4 is 11.9 Å². The first-order valence-electron chi connectivity index (χ1n) is 9.83. The predicted octanol–water partition coefficient (Wildman–Crippen LogP) is 3.62. The molecule has 0 unspecified atom stereocenters. The minimum atomic E-state index is -0.674. The summed E-state index contributed by atoms with van der Waals surface area (Å²) in [4.78, 5) is 25.7. The molecule has 1 aromatic rings. The number of carbonyl (C=O) groups is 2. The van der Waals surface area contributed by atoms with Gasteiger partial charge in [0.25, 0.3) is 0 Å². The van der Waals surface area contributed by atoms with Gasteiger partial charge in [0, 0.05) is 11.4 Å². The summed E-state index contributed by atoms with van der Waals surface area (Å²) in [7, 11) is 1.53. The minimum Gasteiger partial charge on any atom is -0.493 e. The Kier molecular flexibility index (Phi) is 8.09. The molecule has 7 heteroatoms. The van der Waals surface area contributed by atoms with E-state index < -0.39 is 17.9 Å². The van der Waals surface area contributed by atoms with Gasteiger partial charge in [0.15, 0.2) is 11.5 Å². The van der Waals surface area contributed by atoms with Crippen LogP contribution in [0, 0.1) is 0 Å². The van der Waals surface area contributed by atoms with Crippen LogP contribution in [0.3, 0.4) is 0 Å². The van der Waals surface area contributed by atoms with E-state index >= 15 is 0 Å². The van der Waals surface area contributed by atoms with Gasteiger partial charge in [-0.25, -0.2) is 9.59 Å². The molecule has 1 N–H and O–H groups in total. The average Bonchev–Trinajstić information content (AvgIpc) is 2.71. The van der Waals surface area contributed by atoms with Gasteiger partial charge in [0.05, 0.1) is 37.4 Å². The second-order valence-corrected chi connectivity index (χ2v) is 6.59. The Morgan fingerprint density at radius 1 is 1.03 bits per heavy atom. The summed E-state index contributed by atoms with van der Waals surface area (Å²) in [6.45, 7) is 11.4. The molecule has 30 heavy (non-hydrogen) atoms. The van der Waals surface area contributed by atoms with Crippen molar-refractivity contribution in [2.75, 3.05) is 26.9 Å². The van der Waals surface area contributed by atoms with E-state index in [4.69, 9.17) is 18.9 Å². The molecule has 0 fully saturated rings. The van der Waals surface area contributed by atoms with Crippen LogP contribution in [-0.4, -0.2) is 38.9 Å². The van der Waals surface area contributed by atoms with E-state index in [1.165, 1.54) is 7.11 Å². The number of hydrogen-bond donors (Lipinski definition) is 1. The zero-order valence-electron chi connectivity index (χ0n) is 18.2. The highest BCUT2D eigenvalue weighted by Crippen LogP contribution is 2.42. The summed E-state index contributed by atoms with van der Waals surface area (Å²) in [5.74, 6) is -0.645. The maximum absolute atomic E-state index is 12.8. The molecule has 0 bridgehead atoms. The highest BCUT2D eigenvalue weighted by atomic mass is 16.5. The fourth-order valence-corrected chi connectivity index (χ4v) is 3.42. The lowest BCUT2D eigenvalue weighted by atomic mass is 9.80. The SMILES string of the molecule is C=CCOc1ccc(C2C(C(=O)OCC)=C(C)NC(C)=C2C(=O)OCC)cc1OC. The van der Waals surface area contributed by atoms with E-state index in [1.54, 1.807) is 52.0 Å². The van der Waals surface area contributed by atoms with Crippen LogP contribution < -0.4 is 14.8 Å². The summed E-state index contributed by atoms with van der Waals surface area (Å²) < 4.78 is 21.7. The normalized spacial score (nSPS) is 14.2. The molecule has 162 valence electrons. The Labute approximate surface area is 177 Å². The van der Waals surface area contributed by atoms with Crippen LogP contribution in [0.4, 0.5) is 0 Å². The minimum absolute atomic E-state index is 0.220. The number of dihydropyridines is 1. The van der Waals surface area contributed by atoms with Crippen molar-refractivity contribution in [3.05, 3.63) is 59.0 Å². The Bertz CT molecular complexity index is 844. The molecule has 0 aliphatic carbocycles. The summed E-state index contributed by atoms with van der Waals surface area (Å²) in [6.07, 6.45) is 1.63. The zero-order valence-corrected chi connectivity index (χ0v) is 18.2. The van der Waals surface area contributed by atoms with Gasteiger partial charge in [-0.1, -0.05) is 18.7 Å². The summed E-state index contributed by atoms with van der Waals surface area (Å²) >= 11 is 0. The van der Waals surface area contributed by atoms with Gasteiger partial charge < -0.3 is 24.3 Å². The number of hydrogen-bond acceptors (Lipinski definition) is 7. The molecular formula is C23H29NO6. The van der Waals surface area contributed by atoms with Crippen molar-refractivity contribution in [1.29, 1.82) is 0 Å². The molecule has 0 saturated heterocycles. The molecule has 1 aromatic carbocycles. The number of esters is 2. The third-order valence-electron chi connectivity index (χ3n) is 4.63. The molecule has 7 nitrogen and oxygen atoms in total. The first kappa shape index (κ1) is 23.1. The highest BCUT2D eigenvalue weighted by molar-refractivity contribution is 6.00. The first-order chi connectivity index (χ1) is 14.4. The topological polar surface area (TPSA) is 83.1 Å². The van der Waals surface area contributed by atoms with Crippen LogP contribution in [0.1, 0.15) is 39.2 Å². The van der Waals surface area contributed by atoms with Crippen molar-refractivity contribution in [3.8, 4) is 11.5 Å². The summed E-state index contributed by atoms with van der Waals surface area (Å²) in [5, 5.41) is 3.12. The molecule has 1 aliphatic rings. The molecule has 0 radical (unpaired) electrons. The number of benzene rings is 1. The first-order valence-corrected chi connectivity index (χ1v) is 9.83. The van der Waals surface area contributed by atoms with Crippen LogP contribution in [0.5, 0.6) is 11.5 Å². The molecule has 0 amide bonds. The summed E-state index contributed by atoms with van der Waals surface area (Å²) in [5.41, 5.74) is 2.63. The fraction of sp³-hybridized carbons (Fsp3) is 0.391.